The summed E-state index contributed by atoms with van der Waals surface area (Å²) in [7, 11) is 1.08. The number of methoxy groups -OCH3 is 1. The van der Waals surface area contributed by atoms with Crippen LogP contribution in [0.1, 0.15) is 27.1 Å². The van der Waals surface area contributed by atoms with E-state index in [0.29, 0.717) is 11.1 Å². The molecule has 0 aromatic heterocycles. The normalized spacial score (nSPS) is 14.1. The van der Waals surface area contributed by atoms with Gasteiger partial charge in [-0.15, -0.1) is 0 Å². The molecule has 0 radical (unpaired) electrons. The van der Waals surface area contributed by atoms with Crippen LogP contribution in [0.4, 0.5) is 0 Å². The van der Waals surface area contributed by atoms with E-state index in [1.807, 2.05) is 0 Å². The van der Waals surface area contributed by atoms with Crippen LogP contribution in [0.15, 0.2) is 24.3 Å². The Morgan fingerprint density at radius 1 is 1.27 bits per heavy atom. The second-order valence-corrected chi connectivity index (χ2v) is 4.48. The first-order chi connectivity index (χ1) is 10.5. The van der Waals surface area contributed by atoms with Crippen molar-refractivity contribution in [3.05, 3.63) is 40.9 Å². The quantitative estimate of drug-likeness (QED) is 0.251. The van der Waals surface area contributed by atoms with E-state index >= 15 is 0 Å². The summed E-state index contributed by atoms with van der Waals surface area (Å²) < 4.78 is 4.56. The van der Waals surface area contributed by atoms with Crippen molar-refractivity contribution in [1.82, 2.24) is 4.90 Å². The van der Waals surface area contributed by atoms with Crippen LogP contribution in [0.25, 0.3) is 5.53 Å². The Kier molecular flexibility index (Phi) is 4.24. The third-order valence-corrected chi connectivity index (χ3v) is 3.21. The highest BCUT2D eigenvalue weighted by atomic mass is 16.5. The van der Waals surface area contributed by atoms with Crippen molar-refractivity contribution in [1.29, 1.82) is 0 Å². The molecule has 1 aromatic rings. The third kappa shape index (κ3) is 2.55. The number of amides is 2. The fourth-order valence-corrected chi connectivity index (χ4v) is 2.21. The predicted octanol–water partition coefficient (Wildman–Crippen LogP) is 0.0840. The highest BCUT2D eigenvalue weighted by Crippen LogP contribution is 2.26. The molecule has 0 saturated carbocycles. The molecule has 8 heteroatoms. The third-order valence-electron chi connectivity index (χ3n) is 3.21. The lowest BCUT2D eigenvalue weighted by atomic mass is 10.1. The number of Topliss-reactive ketones (excluding diaryl/α,β-unsaturated/α-hetero) is 1. The molecule has 0 fully saturated rings. The number of hydrogen-bond acceptors (Lipinski definition) is 5. The monoisotopic (exact) mass is 301 g/mol. The minimum Gasteiger partial charge on any atom is -0.467 e. The Hall–Kier alpha value is -3.12. The molecule has 8 nitrogen and oxygen atoms in total. The summed E-state index contributed by atoms with van der Waals surface area (Å²) in [5.74, 6) is -2.99. The van der Waals surface area contributed by atoms with Gasteiger partial charge in [-0.2, -0.15) is 4.79 Å². The van der Waals surface area contributed by atoms with Crippen LogP contribution in [0.3, 0.4) is 0 Å². The maximum atomic E-state index is 12.3. The molecule has 1 unspecified atom stereocenters. The van der Waals surface area contributed by atoms with Gasteiger partial charge in [0.15, 0.2) is 0 Å². The van der Waals surface area contributed by atoms with E-state index in [9.17, 15) is 19.2 Å². The van der Waals surface area contributed by atoms with Gasteiger partial charge in [-0.1, -0.05) is 12.1 Å². The van der Waals surface area contributed by atoms with Crippen molar-refractivity contribution in [3.63, 3.8) is 0 Å². The largest absolute Gasteiger partial charge is 0.467 e. The van der Waals surface area contributed by atoms with E-state index in [1.54, 1.807) is 12.1 Å². The summed E-state index contributed by atoms with van der Waals surface area (Å²) in [6.45, 7) is 0. The highest BCUT2D eigenvalue weighted by Gasteiger charge is 2.44. The summed E-state index contributed by atoms with van der Waals surface area (Å²) >= 11 is 0. The Morgan fingerprint density at radius 2 is 1.82 bits per heavy atom. The number of rotatable bonds is 5. The lowest BCUT2D eigenvalue weighted by Crippen LogP contribution is -2.46. The zero-order valence-electron chi connectivity index (χ0n) is 11.6. The predicted molar refractivity (Wildman–Crippen MR) is 72.1 cm³/mol. The Labute approximate surface area is 124 Å². The van der Waals surface area contributed by atoms with Gasteiger partial charge in [0.2, 0.25) is 5.78 Å². The van der Waals surface area contributed by atoms with Crippen LogP contribution in [0.2, 0.25) is 0 Å². The smallest absolute Gasteiger partial charge is 0.329 e. The molecule has 0 N–H and O–H groups in total. The fraction of sp³-hybridized carbons (Fsp3) is 0.214. The standard InChI is InChI=1S/C14H11N3O5/c1-22-14(21)11(6-8(18)7-16-15)17-12(19)9-4-2-3-5-10(9)13(17)20/h2-5,7,11H,6H2,1H3. The maximum absolute atomic E-state index is 12.3. The summed E-state index contributed by atoms with van der Waals surface area (Å²) in [6, 6.07) is 4.68. The fourth-order valence-electron chi connectivity index (χ4n) is 2.21. The molecule has 1 atom stereocenters. The molecule has 2 amide bonds. The highest BCUT2D eigenvalue weighted by molar-refractivity contribution is 6.27. The summed E-state index contributed by atoms with van der Waals surface area (Å²) in [6.07, 6.45) is 0.0658. The Balaban J connectivity index is 2.39. The van der Waals surface area contributed by atoms with Crippen LogP contribution in [-0.2, 0) is 14.3 Å². The minimum absolute atomic E-state index is 0.157. The van der Waals surface area contributed by atoms with E-state index in [1.165, 1.54) is 12.1 Å². The summed E-state index contributed by atoms with van der Waals surface area (Å²) in [4.78, 5) is 51.3. The summed E-state index contributed by atoms with van der Waals surface area (Å²) in [5, 5.41) is 0. The van der Waals surface area contributed by atoms with Crippen molar-refractivity contribution in [3.8, 4) is 0 Å². The minimum atomic E-state index is -1.41. The van der Waals surface area contributed by atoms with Crippen molar-refractivity contribution in [2.75, 3.05) is 7.11 Å². The number of fused-ring (bicyclic) bond motifs is 1. The number of benzene rings is 1. The molecular formula is C14H11N3O5. The van der Waals surface area contributed by atoms with Gasteiger partial charge < -0.3 is 10.3 Å². The van der Waals surface area contributed by atoms with E-state index < -0.39 is 36.0 Å². The number of carbonyl (C=O) groups excluding carboxylic acids is 4. The first-order valence-corrected chi connectivity index (χ1v) is 6.26. The molecule has 0 spiro atoms. The van der Waals surface area contributed by atoms with Crippen LogP contribution in [0, 0.1) is 0 Å². The van der Waals surface area contributed by atoms with E-state index in [0.717, 1.165) is 7.11 Å². The molecule has 22 heavy (non-hydrogen) atoms. The van der Waals surface area contributed by atoms with Gasteiger partial charge in [-0.05, 0) is 12.1 Å². The van der Waals surface area contributed by atoms with Gasteiger partial charge in [0.1, 0.15) is 6.04 Å². The van der Waals surface area contributed by atoms with Crippen LogP contribution in [-0.4, -0.2) is 52.6 Å². The first-order valence-electron chi connectivity index (χ1n) is 6.26. The molecule has 0 aliphatic carbocycles. The van der Waals surface area contributed by atoms with Gasteiger partial charge in [-0.25, -0.2) is 4.79 Å². The summed E-state index contributed by atoms with van der Waals surface area (Å²) in [5.41, 5.74) is 8.66. The molecule has 1 aliphatic heterocycles. The lowest BCUT2D eigenvalue weighted by molar-refractivity contribution is -0.146. The Bertz CT molecular complexity index is 686. The number of hydrogen-bond donors (Lipinski definition) is 0. The van der Waals surface area contributed by atoms with Gasteiger partial charge >= 0.3 is 12.2 Å². The molecule has 112 valence electrons. The Morgan fingerprint density at radius 3 is 2.27 bits per heavy atom. The maximum Gasteiger partial charge on any atom is 0.329 e. The zero-order valence-corrected chi connectivity index (χ0v) is 11.6. The first kappa shape index (κ1) is 15.3. The molecule has 2 rings (SSSR count). The van der Waals surface area contributed by atoms with Gasteiger partial charge in [0, 0.05) is 6.42 Å². The average Bonchev–Trinajstić information content (AvgIpc) is 2.77. The van der Waals surface area contributed by atoms with Gasteiger partial charge in [-0.3, -0.25) is 19.3 Å². The van der Waals surface area contributed by atoms with Crippen LogP contribution < -0.4 is 0 Å². The molecular weight excluding hydrogens is 290 g/mol. The molecule has 1 aromatic carbocycles. The van der Waals surface area contributed by atoms with Gasteiger partial charge in [0.05, 0.1) is 18.2 Å². The molecule has 0 saturated heterocycles. The van der Waals surface area contributed by atoms with Crippen LogP contribution >= 0.6 is 0 Å². The second kappa shape index (κ2) is 6.11. The van der Waals surface area contributed by atoms with Crippen LogP contribution in [0.5, 0.6) is 0 Å². The van der Waals surface area contributed by atoms with Crippen molar-refractivity contribution >= 4 is 29.8 Å². The molecule has 1 aliphatic rings. The van der Waals surface area contributed by atoms with E-state index in [4.69, 9.17) is 5.53 Å². The zero-order chi connectivity index (χ0) is 16.3. The van der Waals surface area contributed by atoms with Crippen molar-refractivity contribution in [2.45, 2.75) is 12.5 Å². The number of ether oxygens (including phenoxy) is 1. The number of carbonyl (C=O) groups is 4. The lowest BCUT2D eigenvalue weighted by Gasteiger charge is -2.22. The molecule has 1 heterocycles. The van der Waals surface area contributed by atoms with E-state index in [2.05, 4.69) is 9.53 Å². The van der Waals surface area contributed by atoms with Crippen molar-refractivity contribution in [2.24, 2.45) is 0 Å². The SMILES string of the molecule is COC(=O)C(CC(=O)C=[N+]=[N-])N1C(=O)c2ccccc2C1=O. The number of imide groups is 1. The van der Waals surface area contributed by atoms with Gasteiger partial charge in [0.25, 0.3) is 11.8 Å². The topological polar surface area (TPSA) is 117 Å². The van der Waals surface area contributed by atoms with Crippen molar-refractivity contribution < 1.29 is 28.7 Å². The molecule has 0 bridgehead atoms. The average molecular weight is 301 g/mol. The number of nitrogens with zero attached hydrogens (tertiary/aromatic N) is 3. The number of esters is 1. The number of ketones is 1. The second-order valence-electron chi connectivity index (χ2n) is 4.48. The van der Waals surface area contributed by atoms with E-state index in [-0.39, 0.29) is 11.1 Å².